The summed E-state index contributed by atoms with van der Waals surface area (Å²) in [6.07, 6.45) is -0.154. The Morgan fingerprint density at radius 3 is 2.60 bits per heavy atom. The van der Waals surface area contributed by atoms with Gasteiger partial charge in [-0.1, -0.05) is 0 Å². The molecule has 0 aliphatic rings. The molecule has 0 spiro atoms. The molecule has 0 aliphatic carbocycles. The van der Waals surface area contributed by atoms with E-state index in [0.29, 0.717) is 0 Å². The number of ether oxygens (including phenoxy) is 1. The average molecular weight is 214 g/mol. The molecule has 0 amide bonds. The van der Waals surface area contributed by atoms with Crippen molar-refractivity contribution in [2.45, 2.75) is 6.42 Å². The summed E-state index contributed by atoms with van der Waals surface area (Å²) >= 11 is 0. The highest BCUT2D eigenvalue weighted by molar-refractivity contribution is 5.76. The Balaban J connectivity index is 3.05. The van der Waals surface area contributed by atoms with Crippen molar-refractivity contribution in [1.29, 1.82) is 0 Å². The predicted octanol–water partition coefficient (Wildman–Crippen LogP) is 1.49. The first-order valence-electron chi connectivity index (χ1n) is 4.08. The van der Waals surface area contributed by atoms with Gasteiger partial charge in [-0.25, -0.2) is 8.78 Å². The van der Waals surface area contributed by atoms with E-state index in [-0.39, 0.29) is 23.8 Å². The number of hydrogen-bond acceptors (Lipinski definition) is 3. The van der Waals surface area contributed by atoms with Crippen molar-refractivity contribution < 1.29 is 23.1 Å². The summed E-state index contributed by atoms with van der Waals surface area (Å²) in [5.41, 5.74) is -0.508. The number of carbonyl (C=O) groups is 2. The molecule has 15 heavy (non-hydrogen) atoms. The lowest BCUT2D eigenvalue weighted by atomic mass is 10.1. The number of aldehydes is 1. The lowest BCUT2D eigenvalue weighted by Gasteiger charge is -2.03. The summed E-state index contributed by atoms with van der Waals surface area (Å²) in [4.78, 5) is 21.1. The monoisotopic (exact) mass is 214 g/mol. The van der Waals surface area contributed by atoms with Crippen LogP contribution in [0.4, 0.5) is 8.78 Å². The van der Waals surface area contributed by atoms with Gasteiger partial charge in [-0.3, -0.25) is 9.59 Å². The van der Waals surface area contributed by atoms with Crippen LogP contribution in [0.5, 0.6) is 0 Å². The molecule has 0 fully saturated rings. The molecule has 0 heterocycles. The van der Waals surface area contributed by atoms with E-state index in [4.69, 9.17) is 0 Å². The molecule has 80 valence electrons. The standard InChI is InChI=1S/C10H8F2O3/c1-15-10(14)4-6-2-9(12)7(5-13)3-8(6)11/h2-3,5H,4H2,1H3. The van der Waals surface area contributed by atoms with Gasteiger partial charge in [-0.05, 0) is 12.1 Å². The van der Waals surface area contributed by atoms with E-state index in [0.717, 1.165) is 19.2 Å². The average Bonchev–Trinajstić information content (AvgIpc) is 2.22. The molecule has 0 saturated heterocycles. The minimum atomic E-state index is -0.856. The lowest BCUT2D eigenvalue weighted by Crippen LogP contribution is -2.07. The van der Waals surface area contributed by atoms with Gasteiger partial charge < -0.3 is 4.74 Å². The van der Waals surface area contributed by atoms with Gasteiger partial charge in [0.25, 0.3) is 0 Å². The molecule has 0 aliphatic heterocycles. The van der Waals surface area contributed by atoms with Gasteiger partial charge in [0, 0.05) is 5.56 Å². The summed E-state index contributed by atoms with van der Waals surface area (Å²) in [5.74, 6) is -2.33. The number of esters is 1. The number of benzene rings is 1. The van der Waals surface area contributed by atoms with Crippen molar-refractivity contribution in [2.75, 3.05) is 7.11 Å². The molecule has 0 unspecified atom stereocenters. The van der Waals surface area contributed by atoms with Crippen molar-refractivity contribution >= 4 is 12.3 Å². The Morgan fingerprint density at radius 1 is 1.40 bits per heavy atom. The predicted molar refractivity (Wildman–Crippen MR) is 47.5 cm³/mol. The fourth-order valence-corrected chi connectivity index (χ4v) is 1.06. The van der Waals surface area contributed by atoms with E-state index in [1.165, 1.54) is 0 Å². The van der Waals surface area contributed by atoms with Gasteiger partial charge in [0.1, 0.15) is 11.6 Å². The molecular weight excluding hydrogens is 206 g/mol. The van der Waals surface area contributed by atoms with Gasteiger partial charge in [0.05, 0.1) is 19.1 Å². The maximum atomic E-state index is 13.2. The van der Waals surface area contributed by atoms with Crippen molar-refractivity contribution in [1.82, 2.24) is 0 Å². The Kier molecular flexibility index (Phi) is 3.49. The molecule has 0 bridgehead atoms. The van der Waals surface area contributed by atoms with Crippen LogP contribution in [0.25, 0.3) is 0 Å². The van der Waals surface area contributed by atoms with Crippen LogP contribution in [0.2, 0.25) is 0 Å². The summed E-state index contributed by atoms with van der Waals surface area (Å²) in [5, 5.41) is 0. The van der Waals surface area contributed by atoms with Crippen LogP contribution in [0.1, 0.15) is 15.9 Å². The Morgan fingerprint density at radius 2 is 2.07 bits per heavy atom. The highest BCUT2D eigenvalue weighted by Gasteiger charge is 2.12. The second kappa shape index (κ2) is 4.63. The lowest BCUT2D eigenvalue weighted by molar-refractivity contribution is -0.139. The quantitative estimate of drug-likeness (QED) is 0.565. The minimum absolute atomic E-state index is 0.134. The fourth-order valence-electron chi connectivity index (χ4n) is 1.06. The molecule has 0 aromatic heterocycles. The molecule has 0 saturated carbocycles. The maximum absolute atomic E-state index is 13.2. The van der Waals surface area contributed by atoms with E-state index in [1.807, 2.05) is 0 Å². The number of methoxy groups -OCH3 is 1. The first-order chi connectivity index (χ1) is 7.08. The summed E-state index contributed by atoms with van der Waals surface area (Å²) in [6, 6.07) is 1.57. The summed E-state index contributed by atoms with van der Waals surface area (Å²) < 4.78 is 30.5. The molecule has 0 N–H and O–H groups in total. The van der Waals surface area contributed by atoms with Crippen molar-refractivity contribution in [3.63, 3.8) is 0 Å². The van der Waals surface area contributed by atoms with E-state index in [9.17, 15) is 18.4 Å². The first kappa shape index (κ1) is 11.3. The maximum Gasteiger partial charge on any atom is 0.310 e. The molecule has 1 aromatic carbocycles. The molecule has 3 nitrogen and oxygen atoms in total. The van der Waals surface area contributed by atoms with E-state index in [2.05, 4.69) is 4.74 Å². The van der Waals surface area contributed by atoms with E-state index in [1.54, 1.807) is 0 Å². The van der Waals surface area contributed by atoms with Crippen molar-refractivity contribution in [3.05, 3.63) is 34.9 Å². The van der Waals surface area contributed by atoms with Gasteiger partial charge >= 0.3 is 5.97 Å². The number of halogens is 2. The van der Waals surface area contributed by atoms with Crippen LogP contribution in [-0.2, 0) is 16.0 Å². The second-order valence-electron chi connectivity index (χ2n) is 2.84. The zero-order valence-corrected chi connectivity index (χ0v) is 7.92. The van der Waals surface area contributed by atoms with Crippen LogP contribution in [0, 0.1) is 11.6 Å². The molecule has 1 aromatic rings. The van der Waals surface area contributed by atoms with Gasteiger partial charge in [0.2, 0.25) is 0 Å². The summed E-state index contributed by atoms with van der Waals surface area (Å²) in [6.45, 7) is 0. The zero-order valence-electron chi connectivity index (χ0n) is 7.92. The second-order valence-corrected chi connectivity index (χ2v) is 2.84. The number of rotatable bonds is 3. The Hall–Kier alpha value is -1.78. The van der Waals surface area contributed by atoms with Gasteiger partial charge in [-0.15, -0.1) is 0 Å². The van der Waals surface area contributed by atoms with Crippen molar-refractivity contribution in [3.8, 4) is 0 Å². The minimum Gasteiger partial charge on any atom is -0.469 e. The van der Waals surface area contributed by atoms with Crippen molar-refractivity contribution in [2.24, 2.45) is 0 Å². The zero-order chi connectivity index (χ0) is 11.4. The third-order valence-electron chi connectivity index (χ3n) is 1.86. The van der Waals surface area contributed by atoms with Gasteiger partial charge in [-0.2, -0.15) is 0 Å². The van der Waals surface area contributed by atoms with Gasteiger partial charge in [0.15, 0.2) is 6.29 Å². The third-order valence-corrected chi connectivity index (χ3v) is 1.86. The SMILES string of the molecule is COC(=O)Cc1cc(F)c(C=O)cc1F. The Bertz CT molecular complexity index is 402. The smallest absolute Gasteiger partial charge is 0.310 e. The molecule has 0 atom stereocenters. The fraction of sp³-hybridized carbons (Fsp3) is 0.200. The first-order valence-corrected chi connectivity index (χ1v) is 4.08. The number of carbonyl (C=O) groups excluding carboxylic acids is 2. The molecule has 0 radical (unpaired) electrons. The topological polar surface area (TPSA) is 43.4 Å². The molecule has 1 rings (SSSR count). The largest absolute Gasteiger partial charge is 0.469 e. The highest BCUT2D eigenvalue weighted by Crippen LogP contribution is 2.14. The molecular formula is C10H8F2O3. The van der Waals surface area contributed by atoms with Crippen LogP contribution in [0.15, 0.2) is 12.1 Å². The van der Waals surface area contributed by atoms with Crippen LogP contribution in [0.3, 0.4) is 0 Å². The highest BCUT2D eigenvalue weighted by atomic mass is 19.1. The van der Waals surface area contributed by atoms with E-state index < -0.39 is 17.6 Å². The van der Waals surface area contributed by atoms with Crippen LogP contribution in [-0.4, -0.2) is 19.4 Å². The van der Waals surface area contributed by atoms with Crippen LogP contribution >= 0.6 is 0 Å². The normalized spacial score (nSPS) is 9.80. The van der Waals surface area contributed by atoms with E-state index >= 15 is 0 Å². The summed E-state index contributed by atoms with van der Waals surface area (Å²) in [7, 11) is 1.15. The Labute approximate surface area is 84.7 Å². The third kappa shape index (κ3) is 2.59. The number of hydrogen-bond donors (Lipinski definition) is 0. The molecule has 5 heteroatoms. The van der Waals surface area contributed by atoms with Crippen LogP contribution < -0.4 is 0 Å².